The second kappa shape index (κ2) is 10.6. The summed E-state index contributed by atoms with van der Waals surface area (Å²) in [6.45, 7) is -0.265. The van der Waals surface area contributed by atoms with Crippen LogP contribution in [-0.2, 0) is 9.59 Å². The molecule has 0 aromatic heterocycles. The molecule has 1 atom stereocenters. The van der Waals surface area contributed by atoms with Crippen LogP contribution in [-0.4, -0.2) is 42.1 Å². The van der Waals surface area contributed by atoms with Gasteiger partial charge in [-0.25, -0.2) is 5.48 Å². The van der Waals surface area contributed by atoms with E-state index in [2.05, 4.69) is 22.5 Å². The summed E-state index contributed by atoms with van der Waals surface area (Å²) in [5.41, 5.74) is 14.4. The van der Waals surface area contributed by atoms with Crippen LogP contribution in [0.1, 0.15) is 21.5 Å². The number of hydroxylamine groups is 1. The number of carbonyl (C=O) groups is 3. The van der Waals surface area contributed by atoms with Gasteiger partial charge in [0.05, 0.1) is 6.54 Å². The van der Waals surface area contributed by atoms with Crippen molar-refractivity contribution in [3.63, 3.8) is 0 Å². The van der Waals surface area contributed by atoms with Crippen LogP contribution in [0.2, 0.25) is 0 Å². The third-order valence-electron chi connectivity index (χ3n) is 3.80. The Balaban J connectivity index is 2.06. The molecule has 0 aliphatic carbocycles. The normalized spacial score (nSPS) is 10.9. The molecule has 29 heavy (non-hydrogen) atoms. The summed E-state index contributed by atoms with van der Waals surface area (Å²) < 4.78 is 0. The molecular formula is C20H21N5O4. The molecule has 0 unspecified atom stereocenters. The largest absolute Gasteiger partial charge is 0.339 e. The summed E-state index contributed by atoms with van der Waals surface area (Å²) in [4.78, 5) is 34.9. The number of hydrogen-bond donors (Lipinski definition) is 6. The SMILES string of the molecule is NCC(=O)Nc1cccc(C#Cc2ccc(C(=O)N[C@@H](CN)C(=O)NO)cc2)c1. The van der Waals surface area contributed by atoms with Crippen LogP contribution in [0.3, 0.4) is 0 Å². The molecule has 0 spiro atoms. The van der Waals surface area contributed by atoms with E-state index < -0.39 is 17.9 Å². The van der Waals surface area contributed by atoms with E-state index in [0.717, 1.165) is 0 Å². The monoisotopic (exact) mass is 395 g/mol. The zero-order chi connectivity index (χ0) is 21.2. The third-order valence-corrected chi connectivity index (χ3v) is 3.80. The van der Waals surface area contributed by atoms with Crippen LogP contribution in [0.5, 0.6) is 0 Å². The predicted octanol–water partition coefficient (Wildman–Crippen LogP) is -0.454. The molecule has 0 radical (unpaired) electrons. The standard InChI is InChI=1S/C20H21N5O4/c21-11-17(20(28)25-29)24-19(27)15-8-6-13(7-9-15)4-5-14-2-1-3-16(10-14)23-18(26)12-22/h1-3,6-10,17,29H,11-12,21-22H2,(H,23,26)(H,24,27)(H,25,28)/t17-/m0/s1. The minimum atomic E-state index is -1.04. The van der Waals surface area contributed by atoms with Crippen molar-refractivity contribution in [2.75, 3.05) is 18.4 Å². The molecule has 150 valence electrons. The highest BCUT2D eigenvalue weighted by Gasteiger charge is 2.19. The number of nitrogens with one attached hydrogen (secondary N) is 3. The van der Waals surface area contributed by atoms with E-state index in [1.165, 1.54) is 5.48 Å². The van der Waals surface area contributed by atoms with Crippen molar-refractivity contribution in [3.8, 4) is 11.8 Å². The minimum absolute atomic E-state index is 0.105. The van der Waals surface area contributed by atoms with Gasteiger partial charge in [-0.05, 0) is 42.5 Å². The molecule has 9 heteroatoms. The van der Waals surface area contributed by atoms with Crippen molar-refractivity contribution in [1.29, 1.82) is 0 Å². The first-order valence-corrected chi connectivity index (χ1v) is 8.63. The zero-order valence-corrected chi connectivity index (χ0v) is 15.4. The Labute approximate surface area is 167 Å². The van der Waals surface area contributed by atoms with Crippen LogP contribution in [0.15, 0.2) is 48.5 Å². The lowest BCUT2D eigenvalue weighted by Gasteiger charge is -2.14. The van der Waals surface area contributed by atoms with E-state index in [1.54, 1.807) is 48.5 Å². The smallest absolute Gasteiger partial charge is 0.267 e. The molecule has 0 saturated carbocycles. The van der Waals surface area contributed by atoms with Crippen molar-refractivity contribution in [2.45, 2.75) is 6.04 Å². The maximum atomic E-state index is 12.2. The molecule has 2 aromatic carbocycles. The van der Waals surface area contributed by atoms with E-state index in [0.29, 0.717) is 22.4 Å². The third kappa shape index (κ3) is 6.44. The Hall–Kier alpha value is -3.71. The Morgan fingerprint density at radius 1 is 1.00 bits per heavy atom. The summed E-state index contributed by atoms with van der Waals surface area (Å²) in [7, 11) is 0. The van der Waals surface area contributed by atoms with E-state index >= 15 is 0 Å². The molecule has 0 fully saturated rings. The molecule has 2 aromatic rings. The van der Waals surface area contributed by atoms with Gasteiger partial charge in [-0.2, -0.15) is 0 Å². The van der Waals surface area contributed by atoms with Gasteiger partial charge in [-0.1, -0.05) is 17.9 Å². The van der Waals surface area contributed by atoms with E-state index in [9.17, 15) is 14.4 Å². The second-order valence-electron chi connectivity index (χ2n) is 5.90. The molecular weight excluding hydrogens is 374 g/mol. The minimum Gasteiger partial charge on any atom is -0.339 e. The van der Waals surface area contributed by atoms with Crippen molar-refractivity contribution in [2.24, 2.45) is 11.5 Å². The molecule has 9 nitrogen and oxygen atoms in total. The van der Waals surface area contributed by atoms with Crippen molar-refractivity contribution >= 4 is 23.4 Å². The molecule has 0 saturated heterocycles. The first-order valence-electron chi connectivity index (χ1n) is 8.63. The molecule has 8 N–H and O–H groups in total. The lowest BCUT2D eigenvalue weighted by molar-refractivity contribution is -0.130. The topological polar surface area (TPSA) is 160 Å². The summed E-state index contributed by atoms with van der Waals surface area (Å²) in [6.07, 6.45) is 0. The summed E-state index contributed by atoms with van der Waals surface area (Å²) >= 11 is 0. The number of benzene rings is 2. The Kier molecular flexibility index (Phi) is 7.88. The van der Waals surface area contributed by atoms with Crippen LogP contribution in [0, 0.1) is 11.8 Å². The van der Waals surface area contributed by atoms with E-state index in [-0.39, 0.29) is 19.0 Å². The van der Waals surface area contributed by atoms with Crippen LogP contribution < -0.4 is 27.6 Å². The fourth-order valence-electron chi connectivity index (χ4n) is 2.29. The van der Waals surface area contributed by atoms with Crippen LogP contribution in [0.25, 0.3) is 0 Å². The molecule has 2 rings (SSSR count). The molecule has 3 amide bonds. The molecule has 0 heterocycles. The Bertz CT molecular complexity index is 947. The highest BCUT2D eigenvalue weighted by molar-refractivity contribution is 5.97. The number of carbonyl (C=O) groups excluding carboxylic acids is 3. The predicted molar refractivity (Wildman–Crippen MR) is 107 cm³/mol. The van der Waals surface area contributed by atoms with Gasteiger partial charge >= 0.3 is 0 Å². The number of nitrogens with two attached hydrogens (primary N) is 2. The van der Waals surface area contributed by atoms with E-state index in [4.69, 9.17) is 16.7 Å². The molecule has 0 aliphatic rings. The highest BCUT2D eigenvalue weighted by Crippen LogP contribution is 2.10. The van der Waals surface area contributed by atoms with Crippen LogP contribution in [0.4, 0.5) is 5.69 Å². The average Bonchev–Trinajstić information content (AvgIpc) is 2.75. The lowest BCUT2D eigenvalue weighted by atomic mass is 10.1. The number of amides is 3. The Morgan fingerprint density at radius 3 is 2.31 bits per heavy atom. The second-order valence-corrected chi connectivity index (χ2v) is 5.90. The summed E-state index contributed by atoms with van der Waals surface area (Å²) in [5, 5.41) is 13.7. The zero-order valence-electron chi connectivity index (χ0n) is 15.4. The number of anilines is 1. The first kappa shape index (κ1) is 21.6. The van der Waals surface area contributed by atoms with E-state index in [1.807, 2.05) is 0 Å². The van der Waals surface area contributed by atoms with Gasteiger partial charge in [0.2, 0.25) is 5.91 Å². The molecule has 0 bridgehead atoms. The van der Waals surface area contributed by atoms with Gasteiger partial charge < -0.3 is 22.1 Å². The number of hydrogen-bond acceptors (Lipinski definition) is 6. The summed E-state index contributed by atoms with van der Waals surface area (Å²) in [5.74, 6) is 4.34. The van der Waals surface area contributed by atoms with Crippen LogP contribution >= 0.6 is 0 Å². The van der Waals surface area contributed by atoms with Crippen molar-refractivity contribution < 1.29 is 19.6 Å². The van der Waals surface area contributed by atoms with Gasteiger partial charge in [-0.15, -0.1) is 0 Å². The fraction of sp³-hybridized carbons (Fsp3) is 0.150. The first-order chi connectivity index (χ1) is 14.0. The average molecular weight is 395 g/mol. The van der Waals surface area contributed by atoms with Crippen molar-refractivity contribution in [3.05, 3.63) is 65.2 Å². The highest BCUT2D eigenvalue weighted by atomic mass is 16.5. The fourth-order valence-corrected chi connectivity index (χ4v) is 2.29. The van der Waals surface area contributed by atoms with Gasteiger partial charge in [0.1, 0.15) is 6.04 Å². The maximum Gasteiger partial charge on any atom is 0.267 e. The quantitative estimate of drug-likeness (QED) is 0.221. The van der Waals surface area contributed by atoms with Crippen molar-refractivity contribution in [1.82, 2.24) is 10.8 Å². The molecule has 0 aliphatic heterocycles. The lowest BCUT2D eigenvalue weighted by Crippen LogP contribution is -2.50. The van der Waals surface area contributed by atoms with Gasteiger partial charge in [0.15, 0.2) is 0 Å². The number of rotatable bonds is 6. The van der Waals surface area contributed by atoms with Gasteiger partial charge in [0.25, 0.3) is 11.8 Å². The Morgan fingerprint density at radius 2 is 1.69 bits per heavy atom. The van der Waals surface area contributed by atoms with Gasteiger partial charge in [0, 0.05) is 28.9 Å². The van der Waals surface area contributed by atoms with Gasteiger partial charge in [-0.3, -0.25) is 19.6 Å². The summed E-state index contributed by atoms with van der Waals surface area (Å²) in [6, 6.07) is 12.4. The maximum absolute atomic E-state index is 12.2.